The van der Waals surface area contributed by atoms with Gasteiger partial charge in [0.2, 0.25) is 5.91 Å². The Morgan fingerprint density at radius 2 is 1.64 bits per heavy atom. The van der Waals surface area contributed by atoms with Gasteiger partial charge >= 0.3 is 0 Å². The van der Waals surface area contributed by atoms with E-state index in [2.05, 4.69) is 46.3 Å². The predicted molar refractivity (Wildman–Crippen MR) is 104 cm³/mol. The number of hydrogen-bond donors (Lipinski definition) is 2. The molecule has 3 rings (SSSR count). The molecule has 1 amide bonds. The first-order valence-corrected chi connectivity index (χ1v) is 9.33. The average molecular weight is 350 g/mol. The number of nitrogens with one attached hydrogen (secondary N) is 2. The maximum atomic E-state index is 12.2. The van der Waals surface area contributed by atoms with Crippen LogP contribution in [0.5, 0.6) is 0 Å². The normalized spacial score (nSPS) is 11.8. The van der Waals surface area contributed by atoms with Gasteiger partial charge in [0.05, 0.1) is 12.6 Å². The first kappa shape index (κ1) is 17.4. The number of rotatable bonds is 8. The molecule has 0 saturated carbocycles. The zero-order chi connectivity index (χ0) is 17.3. The summed E-state index contributed by atoms with van der Waals surface area (Å²) in [6.07, 6.45) is 0.847. The fourth-order valence-corrected chi connectivity index (χ4v) is 3.56. The molecule has 3 aromatic rings. The van der Waals surface area contributed by atoms with Crippen LogP contribution in [0.25, 0.3) is 0 Å². The van der Waals surface area contributed by atoms with E-state index in [1.807, 2.05) is 42.5 Å². The van der Waals surface area contributed by atoms with Gasteiger partial charge < -0.3 is 5.32 Å². The minimum absolute atomic E-state index is 0.0217. The van der Waals surface area contributed by atoms with Gasteiger partial charge in [-0.25, -0.2) is 0 Å². The van der Waals surface area contributed by atoms with Crippen LogP contribution in [0.15, 0.2) is 78.2 Å². The molecule has 25 heavy (non-hydrogen) atoms. The van der Waals surface area contributed by atoms with Crippen molar-refractivity contribution in [2.45, 2.75) is 12.5 Å². The van der Waals surface area contributed by atoms with E-state index in [1.165, 1.54) is 16.0 Å². The van der Waals surface area contributed by atoms with Crippen LogP contribution in [0.1, 0.15) is 22.0 Å². The number of benzene rings is 2. The maximum Gasteiger partial charge on any atom is 0.233 e. The lowest BCUT2D eigenvalue weighted by atomic mass is 10.1. The van der Waals surface area contributed by atoms with Crippen LogP contribution in [0, 0.1) is 0 Å². The molecule has 0 bridgehead atoms. The highest BCUT2D eigenvalue weighted by atomic mass is 32.1. The Hall–Kier alpha value is -2.43. The maximum absolute atomic E-state index is 12.2. The number of thiophene rings is 1. The van der Waals surface area contributed by atoms with Crippen molar-refractivity contribution in [1.29, 1.82) is 0 Å². The molecule has 0 aliphatic carbocycles. The summed E-state index contributed by atoms with van der Waals surface area (Å²) in [7, 11) is 0. The first-order chi connectivity index (χ1) is 12.3. The zero-order valence-corrected chi connectivity index (χ0v) is 14.8. The fourth-order valence-electron chi connectivity index (χ4n) is 2.73. The Kier molecular flexibility index (Phi) is 6.37. The Bertz CT molecular complexity index is 757. The molecule has 2 aromatic carbocycles. The van der Waals surface area contributed by atoms with Gasteiger partial charge in [0.1, 0.15) is 0 Å². The Morgan fingerprint density at radius 1 is 0.920 bits per heavy atom. The summed E-state index contributed by atoms with van der Waals surface area (Å²) >= 11 is 1.70. The molecule has 0 saturated heterocycles. The first-order valence-electron chi connectivity index (χ1n) is 8.45. The van der Waals surface area contributed by atoms with E-state index in [0.717, 1.165) is 6.42 Å². The summed E-state index contributed by atoms with van der Waals surface area (Å²) in [5.41, 5.74) is 2.40. The van der Waals surface area contributed by atoms with Crippen molar-refractivity contribution in [2.75, 3.05) is 13.1 Å². The summed E-state index contributed by atoms with van der Waals surface area (Å²) in [4.78, 5) is 13.4. The smallest absolute Gasteiger partial charge is 0.233 e. The quantitative estimate of drug-likeness (QED) is 0.649. The number of carbonyl (C=O) groups is 1. The van der Waals surface area contributed by atoms with Crippen molar-refractivity contribution in [3.8, 4) is 0 Å². The van der Waals surface area contributed by atoms with E-state index in [4.69, 9.17) is 0 Å². The highest BCUT2D eigenvalue weighted by Gasteiger charge is 2.15. The molecule has 0 spiro atoms. The molecule has 4 heteroatoms. The van der Waals surface area contributed by atoms with Crippen LogP contribution in [0.2, 0.25) is 0 Å². The summed E-state index contributed by atoms with van der Waals surface area (Å²) in [5, 5.41) is 8.43. The molecule has 2 N–H and O–H groups in total. The SMILES string of the molecule is O=C(CN[C@@H](c1ccccc1)c1cccs1)NCCc1ccccc1. The highest BCUT2D eigenvalue weighted by molar-refractivity contribution is 7.10. The number of carbonyl (C=O) groups excluding carboxylic acids is 1. The second kappa shape index (κ2) is 9.16. The van der Waals surface area contributed by atoms with Crippen LogP contribution in [-0.4, -0.2) is 19.0 Å². The van der Waals surface area contributed by atoms with Crippen molar-refractivity contribution in [3.05, 3.63) is 94.2 Å². The van der Waals surface area contributed by atoms with Gasteiger partial charge in [-0.05, 0) is 29.0 Å². The lowest BCUT2D eigenvalue weighted by Gasteiger charge is -2.18. The van der Waals surface area contributed by atoms with E-state index < -0.39 is 0 Å². The molecule has 0 unspecified atom stereocenters. The molecule has 0 fully saturated rings. The third kappa shape index (κ3) is 5.28. The van der Waals surface area contributed by atoms with Crippen LogP contribution >= 0.6 is 11.3 Å². The number of hydrogen-bond acceptors (Lipinski definition) is 3. The summed E-state index contributed by atoms with van der Waals surface area (Å²) in [5.74, 6) is 0.0217. The Balaban J connectivity index is 1.52. The molecule has 1 aromatic heterocycles. The Labute approximate surface area is 152 Å². The van der Waals surface area contributed by atoms with Gasteiger partial charge in [0, 0.05) is 11.4 Å². The number of amides is 1. The van der Waals surface area contributed by atoms with E-state index in [0.29, 0.717) is 13.1 Å². The topological polar surface area (TPSA) is 41.1 Å². The molecule has 0 aliphatic rings. The molecular weight excluding hydrogens is 328 g/mol. The second-order valence-electron chi connectivity index (χ2n) is 5.83. The molecule has 0 aliphatic heterocycles. The van der Waals surface area contributed by atoms with Crippen LogP contribution in [-0.2, 0) is 11.2 Å². The summed E-state index contributed by atoms with van der Waals surface area (Å²) < 4.78 is 0. The lowest BCUT2D eigenvalue weighted by Crippen LogP contribution is -2.36. The molecule has 1 atom stereocenters. The monoisotopic (exact) mass is 350 g/mol. The standard InChI is InChI=1S/C21H22N2OS/c24-20(22-14-13-17-8-3-1-4-9-17)16-23-21(19-12-7-15-25-19)18-10-5-2-6-11-18/h1-12,15,21,23H,13-14,16H2,(H,22,24)/t21-/m0/s1. The minimum Gasteiger partial charge on any atom is -0.355 e. The lowest BCUT2D eigenvalue weighted by molar-refractivity contribution is -0.120. The highest BCUT2D eigenvalue weighted by Crippen LogP contribution is 2.25. The minimum atomic E-state index is 0.0217. The van der Waals surface area contributed by atoms with Crippen molar-refractivity contribution in [1.82, 2.24) is 10.6 Å². The van der Waals surface area contributed by atoms with Gasteiger partial charge in [-0.15, -0.1) is 11.3 Å². The third-order valence-electron chi connectivity index (χ3n) is 4.01. The average Bonchev–Trinajstić information content (AvgIpc) is 3.18. The van der Waals surface area contributed by atoms with Gasteiger partial charge in [-0.2, -0.15) is 0 Å². The van der Waals surface area contributed by atoms with Gasteiger partial charge in [0.25, 0.3) is 0 Å². The van der Waals surface area contributed by atoms with Crippen molar-refractivity contribution in [3.63, 3.8) is 0 Å². The van der Waals surface area contributed by atoms with E-state index in [9.17, 15) is 4.79 Å². The van der Waals surface area contributed by atoms with Gasteiger partial charge in [-0.3, -0.25) is 10.1 Å². The largest absolute Gasteiger partial charge is 0.355 e. The molecule has 1 heterocycles. The van der Waals surface area contributed by atoms with Crippen molar-refractivity contribution < 1.29 is 4.79 Å². The molecular formula is C21H22N2OS. The van der Waals surface area contributed by atoms with Crippen LogP contribution < -0.4 is 10.6 Å². The van der Waals surface area contributed by atoms with E-state index in [1.54, 1.807) is 11.3 Å². The van der Waals surface area contributed by atoms with Gasteiger partial charge in [-0.1, -0.05) is 66.7 Å². The van der Waals surface area contributed by atoms with Gasteiger partial charge in [0.15, 0.2) is 0 Å². The third-order valence-corrected chi connectivity index (χ3v) is 4.94. The molecule has 3 nitrogen and oxygen atoms in total. The zero-order valence-electron chi connectivity index (χ0n) is 14.0. The fraction of sp³-hybridized carbons (Fsp3) is 0.190. The van der Waals surface area contributed by atoms with Crippen molar-refractivity contribution >= 4 is 17.2 Å². The van der Waals surface area contributed by atoms with E-state index in [-0.39, 0.29) is 11.9 Å². The van der Waals surface area contributed by atoms with Crippen molar-refractivity contribution in [2.24, 2.45) is 0 Å². The van der Waals surface area contributed by atoms with Crippen LogP contribution in [0.3, 0.4) is 0 Å². The Morgan fingerprint density at radius 3 is 2.32 bits per heavy atom. The second-order valence-corrected chi connectivity index (χ2v) is 6.80. The van der Waals surface area contributed by atoms with Crippen LogP contribution in [0.4, 0.5) is 0 Å². The van der Waals surface area contributed by atoms with E-state index >= 15 is 0 Å². The molecule has 128 valence electrons. The molecule has 0 radical (unpaired) electrons. The predicted octanol–water partition coefficient (Wildman–Crippen LogP) is 3.79. The summed E-state index contributed by atoms with van der Waals surface area (Å²) in [6.45, 7) is 0.950. The summed E-state index contributed by atoms with van der Waals surface area (Å²) in [6, 6.07) is 24.6.